The SMILES string of the molecule is CC1CCC2(CC1)OCC(C(=O)O)N2C(=O)c1ccc(Cl)c(Cl)c1. The molecule has 1 aliphatic heterocycles. The van der Waals surface area contributed by atoms with Crippen LogP contribution in [0.3, 0.4) is 0 Å². The predicted octanol–water partition coefficient (Wildman–Crippen LogP) is 3.83. The van der Waals surface area contributed by atoms with Crippen molar-refractivity contribution >= 4 is 35.1 Å². The first-order valence-electron chi connectivity index (χ1n) is 7.99. The van der Waals surface area contributed by atoms with Gasteiger partial charge in [-0.05, 0) is 49.8 Å². The minimum absolute atomic E-state index is 0.0107. The minimum atomic E-state index is -1.06. The molecule has 5 nitrogen and oxygen atoms in total. The highest BCUT2D eigenvalue weighted by atomic mass is 35.5. The second-order valence-electron chi connectivity index (χ2n) is 6.60. The van der Waals surface area contributed by atoms with Crippen LogP contribution in [-0.2, 0) is 9.53 Å². The molecule has 1 atom stereocenters. The number of carboxylic acid groups (broad SMARTS) is 1. The molecule has 1 heterocycles. The number of halogens is 2. The average Bonchev–Trinajstić information content (AvgIpc) is 2.92. The van der Waals surface area contributed by atoms with E-state index in [-0.39, 0.29) is 17.5 Å². The highest BCUT2D eigenvalue weighted by molar-refractivity contribution is 6.42. The molecule has 3 rings (SSSR count). The molecule has 7 heteroatoms. The van der Waals surface area contributed by atoms with Gasteiger partial charge in [0.2, 0.25) is 0 Å². The predicted molar refractivity (Wildman–Crippen MR) is 90.4 cm³/mol. The third kappa shape index (κ3) is 3.01. The summed E-state index contributed by atoms with van der Waals surface area (Å²) in [4.78, 5) is 26.1. The lowest BCUT2D eigenvalue weighted by atomic mass is 9.83. The number of benzene rings is 1. The van der Waals surface area contributed by atoms with Crippen molar-refractivity contribution in [3.8, 4) is 0 Å². The van der Waals surface area contributed by atoms with Crippen LogP contribution in [0.5, 0.6) is 0 Å². The average molecular weight is 372 g/mol. The van der Waals surface area contributed by atoms with E-state index in [9.17, 15) is 14.7 Å². The fourth-order valence-corrected chi connectivity index (χ4v) is 3.84. The van der Waals surface area contributed by atoms with Crippen LogP contribution in [0.1, 0.15) is 43.0 Å². The molecule has 1 N–H and O–H groups in total. The topological polar surface area (TPSA) is 66.8 Å². The summed E-state index contributed by atoms with van der Waals surface area (Å²) in [6.45, 7) is 2.17. The second kappa shape index (κ2) is 6.54. The Morgan fingerprint density at radius 2 is 1.92 bits per heavy atom. The number of hydrogen-bond acceptors (Lipinski definition) is 3. The molecule has 0 bridgehead atoms. The lowest BCUT2D eigenvalue weighted by molar-refractivity contribution is -0.143. The van der Waals surface area contributed by atoms with Crippen molar-refractivity contribution in [2.75, 3.05) is 6.61 Å². The van der Waals surface area contributed by atoms with Gasteiger partial charge in [0.1, 0.15) is 5.72 Å². The Morgan fingerprint density at radius 3 is 2.50 bits per heavy atom. The number of carboxylic acids is 1. The molecule has 24 heavy (non-hydrogen) atoms. The molecule has 130 valence electrons. The molecule has 2 fully saturated rings. The summed E-state index contributed by atoms with van der Waals surface area (Å²) in [5.74, 6) is -0.892. The number of ether oxygens (including phenoxy) is 1. The first-order valence-corrected chi connectivity index (χ1v) is 8.75. The number of nitrogens with zero attached hydrogens (tertiary/aromatic N) is 1. The summed E-state index contributed by atoms with van der Waals surface area (Å²) < 4.78 is 5.88. The van der Waals surface area contributed by atoms with Gasteiger partial charge in [-0.25, -0.2) is 4.79 Å². The zero-order chi connectivity index (χ0) is 17.5. The summed E-state index contributed by atoms with van der Waals surface area (Å²) >= 11 is 11.9. The van der Waals surface area contributed by atoms with E-state index in [1.807, 2.05) is 0 Å². The molecule has 1 aromatic rings. The second-order valence-corrected chi connectivity index (χ2v) is 7.41. The molecule has 2 aliphatic rings. The van der Waals surface area contributed by atoms with E-state index in [2.05, 4.69) is 6.92 Å². The highest BCUT2D eigenvalue weighted by Crippen LogP contribution is 2.43. The van der Waals surface area contributed by atoms with Crippen LogP contribution in [0.15, 0.2) is 18.2 Å². The Bertz CT molecular complexity index is 671. The lowest BCUT2D eigenvalue weighted by Crippen LogP contribution is -2.55. The van der Waals surface area contributed by atoms with E-state index in [0.717, 1.165) is 12.8 Å². The van der Waals surface area contributed by atoms with Crippen LogP contribution < -0.4 is 0 Å². The number of carbonyl (C=O) groups is 2. The minimum Gasteiger partial charge on any atom is -0.480 e. The van der Waals surface area contributed by atoms with E-state index in [1.54, 1.807) is 12.1 Å². The molecule has 1 saturated heterocycles. The molecule has 1 aromatic carbocycles. The van der Waals surface area contributed by atoms with Crippen LogP contribution in [0.2, 0.25) is 10.0 Å². The van der Waals surface area contributed by atoms with Crippen molar-refractivity contribution in [1.29, 1.82) is 0 Å². The number of hydrogen-bond donors (Lipinski definition) is 1. The lowest BCUT2D eigenvalue weighted by Gasteiger charge is -2.42. The van der Waals surface area contributed by atoms with E-state index < -0.39 is 17.7 Å². The fourth-order valence-electron chi connectivity index (χ4n) is 3.54. The standard InChI is InChI=1S/C17H19Cl2NO4/c1-10-4-6-17(7-5-10)20(14(9-24-17)16(22)23)15(21)11-2-3-12(18)13(19)8-11/h2-3,8,10,14H,4-7,9H2,1H3,(H,22,23). The van der Waals surface area contributed by atoms with Gasteiger partial charge in [0, 0.05) is 5.56 Å². The van der Waals surface area contributed by atoms with Crippen molar-refractivity contribution in [2.24, 2.45) is 5.92 Å². The number of rotatable bonds is 2. The summed E-state index contributed by atoms with van der Waals surface area (Å²) in [5.41, 5.74) is -0.516. The highest BCUT2D eigenvalue weighted by Gasteiger charge is 2.53. The zero-order valence-electron chi connectivity index (χ0n) is 13.3. The Labute approximate surface area is 150 Å². The maximum absolute atomic E-state index is 13.1. The van der Waals surface area contributed by atoms with Gasteiger partial charge in [0.05, 0.1) is 16.7 Å². The molecule has 1 amide bonds. The van der Waals surface area contributed by atoms with Gasteiger partial charge < -0.3 is 9.84 Å². The smallest absolute Gasteiger partial charge is 0.328 e. The Kier molecular flexibility index (Phi) is 4.78. The normalized spacial score (nSPS) is 29.9. The van der Waals surface area contributed by atoms with Gasteiger partial charge in [0.15, 0.2) is 6.04 Å². The van der Waals surface area contributed by atoms with Crippen molar-refractivity contribution < 1.29 is 19.4 Å². The summed E-state index contributed by atoms with van der Waals surface area (Å²) in [6, 6.07) is 3.59. The summed E-state index contributed by atoms with van der Waals surface area (Å²) in [5, 5.41) is 10.1. The molecular formula is C17H19Cl2NO4. The van der Waals surface area contributed by atoms with Crippen molar-refractivity contribution in [3.05, 3.63) is 33.8 Å². The van der Waals surface area contributed by atoms with Gasteiger partial charge >= 0.3 is 5.97 Å². The molecule has 1 spiro atoms. The monoisotopic (exact) mass is 371 g/mol. The molecule has 0 aromatic heterocycles. The van der Waals surface area contributed by atoms with Crippen LogP contribution in [0.25, 0.3) is 0 Å². The first-order chi connectivity index (χ1) is 11.3. The Balaban J connectivity index is 1.96. The van der Waals surface area contributed by atoms with E-state index >= 15 is 0 Å². The van der Waals surface area contributed by atoms with E-state index in [4.69, 9.17) is 27.9 Å². The van der Waals surface area contributed by atoms with Crippen molar-refractivity contribution in [3.63, 3.8) is 0 Å². The third-order valence-electron chi connectivity index (χ3n) is 4.99. The molecular weight excluding hydrogens is 353 g/mol. The van der Waals surface area contributed by atoms with Crippen molar-refractivity contribution in [2.45, 2.75) is 44.4 Å². The quantitative estimate of drug-likeness (QED) is 0.857. The number of aliphatic carboxylic acids is 1. The largest absolute Gasteiger partial charge is 0.480 e. The number of carbonyl (C=O) groups excluding carboxylic acids is 1. The van der Waals surface area contributed by atoms with Gasteiger partial charge in [-0.2, -0.15) is 0 Å². The molecule has 1 saturated carbocycles. The molecule has 0 radical (unpaired) electrons. The van der Waals surface area contributed by atoms with Gasteiger partial charge in [-0.15, -0.1) is 0 Å². The summed E-state index contributed by atoms with van der Waals surface area (Å²) in [6.07, 6.45) is 3.09. The zero-order valence-corrected chi connectivity index (χ0v) is 14.8. The van der Waals surface area contributed by atoms with Crippen molar-refractivity contribution in [1.82, 2.24) is 4.90 Å². The van der Waals surface area contributed by atoms with Gasteiger partial charge in [0.25, 0.3) is 5.91 Å². The van der Waals surface area contributed by atoms with Crippen LogP contribution in [0.4, 0.5) is 0 Å². The van der Waals surface area contributed by atoms with Crippen LogP contribution in [0, 0.1) is 5.92 Å². The Morgan fingerprint density at radius 1 is 1.25 bits per heavy atom. The maximum atomic E-state index is 13.1. The third-order valence-corrected chi connectivity index (χ3v) is 5.73. The van der Waals surface area contributed by atoms with Gasteiger partial charge in [-0.1, -0.05) is 30.1 Å². The maximum Gasteiger partial charge on any atom is 0.328 e. The molecule has 1 aliphatic carbocycles. The van der Waals surface area contributed by atoms with E-state index in [0.29, 0.717) is 29.3 Å². The fraction of sp³-hybridized carbons (Fsp3) is 0.529. The molecule has 1 unspecified atom stereocenters. The summed E-state index contributed by atoms with van der Waals surface area (Å²) in [7, 11) is 0. The van der Waals surface area contributed by atoms with Gasteiger partial charge in [-0.3, -0.25) is 9.69 Å². The van der Waals surface area contributed by atoms with E-state index in [1.165, 1.54) is 11.0 Å². The Hall–Kier alpha value is -1.30. The number of amides is 1. The first kappa shape index (κ1) is 17.5. The van der Waals surface area contributed by atoms with Crippen LogP contribution >= 0.6 is 23.2 Å². The van der Waals surface area contributed by atoms with Crippen LogP contribution in [-0.4, -0.2) is 40.3 Å².